The van der Waals surface area contributed by atoms with Gasteiger partial charge < -0.3 is 19.8 Å². The molecule has 1 aromatic rings. The quantitative estimate of drug-likeness (QED) is 0.763. The van der Waals surface area contributed by atoms with Gasteiger partial charge in [-0.05, 0) is 44.8 Å². The number of anilines is 1. The maximum atomic E-state index is 12.5. The van der Waals surface area contributed by atoms with Crippen molar-refractivity contribution in [2.75, 3.05) is 45.2 Å². The lowest BCUT2D eigenvalue weighted by Gasteiger charge is -2.41. The zero-order valence-corrected chi connectivity index (χ0v) is 16.6. The topological polar surface area (TPSA) is 89.9 Å². The van der Waals surface area contributed by atoms with Crippen molar-refractivity contribution in [2.24, 2.45) is 5.92 Å². The lowest BCUT2D eigenvalue weighted by Crippen LogP contribution is -2.49. The monoisotopic (exact) mass is 387 g/mol. The predicted octanol–water partition coefficient (Wildman–Crippen LogP) is 1.34. The Hall–Kier alpha value is -2.48. The molecule has 0 bridgehead atoms. The molecule has 2 saturated heterocycles. The molecule has 3 heterocycles. The molecule has 2 fully saturated rings. The van der Waals surface area contributed by atoms with Crippen molar-refractivity contribution in [2.45, 2.75) is 31.7 Å². The third-order valence-electron chi connectivity index (χ3n) is 5.65. The smallest absolute Gasteiger partial charge is 0.306 e. The van der Waals surface area contributed by atoms with Crippen LogP contribution < -0.4 is 4.90 Å². The molecular formula is C20H29N5O3. The number of carboxylic acid groups (broad SMARTS) is 1. The van der Waals surface area contributed by atoms with Crippen LogP contribution in [0.1, 0.15) is 31.2 Å². The summed E-state index contributed by atoms with van der Waals surface area (Å²) in [6, 6.07) is 0.453. The van der Waals surface area contributed by atoms with E-state index in [0.29, 0.717) is 12.0 Å². The summed E-state index contributed by atoms with van der Waals surface area (Å²) in [6.07, 6.45) is 10.1. The second kappa shape index (κ2) is 9.14. The number of hydrogen-bond acceptors (Lipinski definition) is 6. The van der Waals surface area contributed by atoms with Crippen molar-refractivity contribution < 1.29 is 14.7 Å². The summed E-state index contributed by atoms with van der Waals surface area (Å²) in [4.78, 5) is 38.1. The normalized spacial score (nSPS) is 19.9. The van der Waals surface area contributed by atoms with E-state index in [1.54, 1.807) is 24.5 Å². The molecule has 1 aromatic heterocycles. The Bertz CT molecular complexity index is 703. The van der Waals surface area contributed by atoms with Gasteiger partial charge in [0.25, 0.3) is 0 Å². The van der Waals surface area contributed by atoms with Gasteiger partial charge in [0.1, 0.15) is 0 Å². The van der Waals surface area contributed by atoms with E-state index < -0.39 is 5.97 Å². The summed E-state index contributed by atoms with van der Waals surface area (Å²) < 4.78 is 0. The number of likely N-dealkylation sites (tertiary alicyclic amines) is 2. The Kier molecular flexibility index (Phi) is 6.61. The lowest BCUT2D eigenvalue weighted by atomic mass is 9.93. The Morgan fingerprint density at radius 2 is 1.68 bits per heavy atom. The highest BCUT2D eigenvalue weighted by atomic mass is 16.4. The van der Waals surface area contributed by atoms with E-state index in [9.17, 15) is 9.59 Å². The van der Waals surface area contributed by atoms with Crippen LogP contribution in [0, 0.1) is 5.92 Å². The van der Waals surface area contributed by atoms with Gasteiger partial charge in [0, 0.05) is 57.3 Å². The van der Waals surface area contributed by atoms with Crippen LogP contribution in [0.15, 0.2) is 18.5 Å². The molecule has 3 rings (SSSR count). The van der Waals surface area contributed by atoms with Gasteiger partial charge in [-0.1, -0.05) is 0 Å². The lowest BCUT2D eigenvalue weighted by molar-refractivity contribution is -0.143. The Morgan fingerprint density at radius 3 is 2.21 bits per heavy atom. The van der Waals surface area contributed by atoms with Crippen LogP contribution in [0.3, 0.4) is 0 Å². The summed E-state index contributed by atoms with van der Waals surface area (Å²) in [5.74, 6) is -0.218. The fourth-order valence-corrected chi connectivity index (χ4v) is 3.88. The molecule has 1 amide bonds. The first-order valence-corrected chi connectivity index (χ1v) is 9.87. The third-order valence-corrected chi connectivity index (χ3v) is 5.65. The minimum Gasteiger partial charge on any atom is -0.481 e. The fourth-order valence-electron chi connectivity index (χ4n) is 3.88. The first-order valence-electron chi connectivity index (χ1n) is 9.87. The molecule has 0 aromatic carbocycles. The summed E-state index contributed by atoms with van der Waals surface area (Å²) >= 11 is 0. The average Bonchev–Trinajstić information content (AvgIpc) is 2.72. The van der Waals surface area contributed by atoms with Gasteiger partial charge in [0.05, 0.1) is 5.92 Å². The Labute approximate surface area is 165 Å². The molecule has 0 atom stereocenters. The number of hydrogen-bond donors (Lipinski definition) is 1. The highest BCUT2D eigenvalue weighted by molar-refractivity contribution is 5.91. The first kappa shape index (κ1) is 20.3. The first-order chi connectivity index (χ1) is 13.4. The van der Waals surface area contributed by atoms with Crippen LogP contribution in [0.2, 0.25) is 0 Å². The van der Waals surface area contributed by atoms with Crippen molar-refractivity contribution in [3.05, 3.63) is 24.0 Å². The van der Waals surface area contributed by atoms with Crippen LogP contribution in [0.4, 0.5) is 5.95 Å². The number of piperidine rings is 2. The summed E-state index contributed by atoms with van der Waals surface area (Å²) in [7, 11) is 3.76. The molecule has 8 nitrogen and oxygen atoms in total. The van der Waals surface area contributed by atoms with E-state index in [0.717, 1.165) is 57.4 Å². The van der Waals surface area contributed by atoms with E-state index in [1.165, 1.54) is 0 Å². The molecule has 152 valence electrons. The third kappa shape index (κ3) is 5.07. The van der Waals surface area contributed by atoms with Crippen LogP contribution in [-0.4, -0.2) is 83.1 Å². The molecule has 0 radical (unpaired) electrons. The van der Waals surface area contributed by atoms with E-state index >= 15 is 0 Å². The Morgan fingerprint density at radius 1 is 1.07 bits per heavy atom. The zero-order chi connectivity index (χ0) is 20.1. The summed E-state index contributed by atoms with van der Waals surface area (Å²) in [5, 5.41) is 9.12. The molecule has 8 heteroatoms. The molecule has 0 spiro atoms. The number of rotatable bonds is 5. The van der Waals surface area contributed by atoms with E-state index in [4.69, 9.17) is 5.11 Å². The molecule has 1 N–H and O–H groups in total. The SMILES string of the molecule is CN(C)c1ncc(C=CC(=O)N2CCC(N3CCC(C(=O)O)CC3)CC2)cn1. The molecule has 0 saturated carbocycles. The van der Waals surface area contributed by atoms with Crippen molar-refractivity contribution in [3.63, 3.8) is 0 Å². The van der Waals surface area contributed by atoms with Crippen molar-refractivity contribution in [3.8, 4) is 0 Å². The summed E-state index contributed by atoms with van der Waals surface area (Å²) in [6.45, 7) is 3.17. The minimum atomic E-state index is -0.673. The predicted molar refractivity (Wildman–Crippen MR) is 107 cm³/mol. The van der Waals surface area contributed by atoms with Gasteiger partial charge >= 0.3 is 5.97 Å². The highest BCUT2D eigenvalue weighted by Gasteiger charge is 2.31. The maximum absolute atomic E-state index is 12.5. The van der Waals surface area contributed by atoms with Crippen LogP contribution in [-0.2, 0) is 9.59 Å². The van der Waals surface area contributed by atoms with Crippen LogP contribution in [0.5, 0.6) is 0 Å². The number of nitrogens with zero attached hydrogens (tertiary/aromatic N) is 5. The number of carbonyl (C=O) groups is 2. The molecule has 2 aliphatic heterocycles. The van der Waals surface area contributed by atoms with Crippen LogP contribution in [0.25, 0.3) is 6.08 Å². The molecule has 0 unspecified atom stereocenters. The minimum absolute atomic E-state index is 0.0136. The summed E-state index contributed by atoms with van der Waals surface area (Å²) in [5.41, 5.74) is 0.801. The van der Waals surface area contributed by atoms with Gasteiger partial charge in [0.2, 0.25) is 11.9 Å². The largest absolute Gasteiger partial charge is 0.481 e. The molecule has 28 heavy (non-hydrogen) atoms. The maximum Gasteiger partial charge on any atom is 0.306 e. The Balaban J connectivity index is 1.45. The fraction of sp³-hybridized carbons (Fsp3) is 0.600. The zero-order valence-electron chi connectivity index (χ0n) is 16.6. The molecule has 2 aliphatic rings. The molecular weight excluding hydrogens is 358 g/mol. The van der Waals surface area contributed by atoms with Gasteiger partial charge in [-0.3, -0.25) is 9.59 Å². The second-order valence-electron chi connectivity index (χ2n) is 7.75. The van der Waals surface area contributed by atoms with Gasteiger partial charge in [-0.2, -0.15) is 0 Å². The van der Waals surface area contributed by atoms with Crippen molar-refractivity contribution in [1.29, 1.82) is 0 Å². The second-order valence-corrected chi connectivity index (χ2v) is 7.75. The van der Waals surface area contributed by atoms with Crippen molar-refractivity contribution in [1.82, 2.24) is 19.8 Å². The van der Waals surface area contributed by atoms with Crippen molar-refractivity contribution >= 4 is 23.9 Å². The van der Waals surface area contributed by atoms with E-state index in [2.05, 4.69) is 14.9 Å². The van der Waals surface area contributed by atoms with Crippen LogP contribution >= 0.6 is 0 Å². The van der Waals surface area contributed by atoms with E-state index in [1.807, 2.05) is 23.9 Å². The number of carbonyl (C=O) groups excluding carboxylic acids is 1. The highest BCUT2D eigenvalue weighted by Crippen LogP contribution is 2.24. The van der Waals surface area contributed by atoms with Gasteiger partial charge in [0.15, 0.2) is 0 Å². The van der Waals surface area contributed by atoms with Gasteiger partial charge in [-0.25, -0.2) is 9.97 Å². The number of amides is 1. The average molecular weight is 387 g/mol. The number of carboxylic acids is 1. The standard InChI is InChI=1S/C20H29N5O3/c1-23(2)20-21-13-15(14-22-20)3-4-18(26)25-11-7-17(8-12-25)24-9-5-16(6-10-24)19(27)28/h3-4,13-14,16-17H,5-12H2,1-2H3,(H,27,28). The van der Waals surface area contributed by atoms with E-state index in [-0.39, 0.29) is 11.8 Å². The number of aromatic nitrogens is 2. The van der Waals surface area contributed by atoms with Gasteiger partial charge in [-0.15, -0.1) is 0 Å². The number of aliphatic carboxylic acids is 1. The molecule has 0 aliphatic carbocycles.